The molecule has 3 saturated heterocycles. The summed E-state index contributed by atoms with van der Waals surface area (Å²) in [6.07, 6.45) is 6.24. The molecular weight excluding hydrogens is 516 g/mol. The number of aryl methyl sites for hydroxylation is 1. The van der Waals surface area contributed by atoms with Gasteiger partial charge in [-0.15, -0.1) is 0 Å². The number of piperazine rings is 1. The van der Waals surface area contributed by atoms with Gasteiger partial charge < -0.3 is 30.3 Å². The predicted molar refractivity (Wildman–Crippen MR) is 165 cm³/mol. The van der Waals surface area contributed by atoms with E-state index >= 15 is 0 Å². The third-order valence-corrected chi connectivity index (χ3v) is 8.94. The van der Waals surface area contributed by atoms with Crippen LogP contribution in [-0.2, 0) is 11.2 Å². The van der Waals surface area contributed by atoms with Crippen LogP contribution in [-0.4, -0.2) is 103 Å². The first-order chi connectivity index (χ1) is 21.2. The first-order valence-corrected chi connectivity index (χ1v) is 15.0. The van der Waals surface area contributed by atoms with Crippen molar-refractivity contribution in [2.75, 3.05) is 82.5 Å². The fourth-order valence-electron chi connectivity index (χ4n) is 6.39. The van der Waals surface area contributed by atoms with E-state index in [1.54, 1.807) is 12.3 Å². The molecule has 10 heteroatoms. The van der Waals surface area contributed by atoms with Gasteiger partial charge in [0.2, 0.25) is 0 Å². The minimum absolute atomic E-state index is 0.252. The number of ether oxygens (including phenoxy) is 2. The van der Waals surface area contributed by atoms with Crippen molar-refractivity contribution in [3.8, 4) is 16.9 Å². The molecule has 3 aliphatic rings. The highest BCUT2D eigenvalue weighted by Gasteiger charge is 2.28. The second-order valence-electron chi connectivity index (χ2n) is 11.5. The van der Waals surface area contributed by atoms with Crippen LogP contribution < -0.4 is 20.7 Å². The molecule has 0 bridgehead atoms. The van der Waals surface area contributed by atoms with Gasteiger partial charge in [-0.25, -0.2) is 15.0 Å². The summed E-state index contributed by atoms with van der Waals surface area (Å²) in [4.78, 5) is 21.6. The largest absolute Gasteiger partial charge is 0.495 e. The lowest BCUT2D eigenvalue weighted by Crippen LogP contribution is -2.52. The lowest BCUT2D eigenvalue weighted by atomic mass is 10.00. The first-order valence-electron chi connectivity index (χ1n) is 16.5. The Morgan fingerprint density at radius 2 is 1.83 bits per heavy atom. The lowest BCUT2D eigenvalue weighted by molar-refractivity contribution is 0.0903. The maximum atomic E-state index is 7.91. The van der Waals surface area contributed by atoms with E-state index in [1.807, 2.05) is 19.1 Å². The number of likely N-dealkylation sites (N-methyl/N-ethyl adjacent to an activating group) is 1. The number of piperidine rings is 1. The molecule has 220 valence electrons. The summed E-state index contributed by atoms with van der Waals surface area (Å²) in [5, 5.41) is 3.59. The van der Waals surface area contributed by atoms with Gasteiger partial charge in [-0.05, 0) is 56.8 Å². The lowest BCUT2D eigenvalue weighted by Gasteiger charge is -2.42. The summed E-state index contributed by atoms with van der Waals surface area (Å²) in [5.41, 5.74) is 10.5. The molecule has 3 aliphatic heterocycles. The number of nitrogen functional groups attached to an aromatic ring is 1. The molecular formula is C31H44N8O2. The molecule has 2 aromatic heterocycles. The van der Waals surface area contributed by atoms with Gasteiger partial charge in [0, 0.05) is 76.3 Å². The molecule has 0 amide bonds. The average molecular weight is 564 g/mol. The van der Waals surface area contributed by atoms with Gasteiger partial charge in [0.15, 0.2) is 5.82 Å². The fourth-order valence-corrected chi connectivity index (χ4v) is 6.39. The zero-order chi connectivity index (χ0) is 30.8. The summed E-state index contributed by atoms with van der Waals surface area (Å²) < 4.78 is 34.9. The number of aromatic nitrogens is 3. The number of fused-ring (bicyclic) bond motifs is 1. The SMILES string of the molecule is [2H]C([2H])([2H])Oc1cc(-c2cnc(N)c3nc(CC)c(NC4CCOCC4)nc23)ccc1N1CCC(N2CCN(C)CC2)CC1. The van der Waals surface area contributed by atoms with E-state index in [4.69, 9.17) is 29.3 Å². The highest BCUT2D eigenvalue weighted by Crippen LogP contribution is 2.38. The van der Waals surface area contributed by atoms with Gasteiger partial charge in [-0.3, -0.25) is 4.90 Å². The Labute approximate surface area is 247 Å². The Balaban J connectivity index is 1.31. The number of hydrogen-bond acceptors (Lipinski definition) is 10. The molecule has 10 nitrogen and oxygen atoms in total. The van der Waals surface area contributed by atoms with Crippen molar-refractivity contribution in [1.82, 2.24) is 24.8 Å². The normalized spacial score (nSPS) is 21.4. The monoisotopic (exact) mass is 563 g/mol. The molecule has 0 aliphatic carbocycles. The number of benzene rings is 1. The first kappa shape index (κ1) is 24.4. The number of pyridine rings is 1. The highest BCUT2D eigenvalue weighted by molar-refractivity contribution is 5.97. The van der Waals surface area contributed by atoms with Gasteiger partial charge in [0.25, 0.3) is 0 Å². The molecule has 6 rings (SSSR count). The molecule has 3 aromatic rings. The van der Waals surface area contributed by atoms with Crippen LogP contribution in [0, 0.1) is 0 Å². The van der Waals surface area contributed by atoms with Gasteiger partial charge in [0.05, 0.1) is 22.5 Å². The maximum absolute atomic E-state index is 7.91. The van der Waals surface area contributed by atoms with E-state index in [1.165, 1.54) is 0 Å². The summed E-state index contributed by atoms with van der Waals surface area (Å²) in [6.45, 7) is 9.56. The second-order valence-corrected chi connectivity index (χ2v) is 11.5. The summed E-state index contributed by atoms with van der Waals surface area (Å²) in [6, 6.07) is 6.55. The van der Waals surface area contributed by atoms with Crippen LogP contribution in [0.2, 0.25) is 0 Å². The van der Waals surface area contributed by atoms with Crippen molar-refractivity contribution in [2.45, 2.75) is 51.1 Å². The zero-order valence-corrected chi connectivity index (χ0v) is 24.2. The molecule has 0 unspecified atom stereocenters. The Morgan fingerprint density at radius 1 is 1.05 bits per heavy atom. The molecule has 0 atom stereocenters. The minimum atomic E-state index is -2.59. The number of hydrogen-bond donors (Lipinski definition) is 2. The van der Waals surface area contributed by atoms with Crippen LogP contribution in [0.25, 0.3) is 22.2 Å². The molecule has 3 N–H and O–H groups in total. The predicted octanol–water partition coefficient (Wildman–Crippen LogP) is 3.65. The average Bonchev–Trinajstić information content (AvgIpc) is 3.01. The maximum Gasteiger partial charge on any atom is 0.151 e. The van der Waals surface area contributed by atoms with Crippen LogP contribution in [0.1, 0.15) is 42.4 Å². The third kappa shape index (κ3) is 5.91. The molecule has 41 heavy (non-hydrogen) atoms. The van der Waals surface area contributed by atoms with Gasteiger partial charge in [-0.1, -0.05) is 13.0 Å². The van der Waals surface area contributed by atoms with Crippen LogP contribution in [0.4, 0.5) is 17.3 Å². The molecule has 0 saturated carbocycles. The third-order valence-electron chi connectivity index (χ3n) is 8.94. The van der Waals surface area contributed by atoms with E-state index in [-0.39, 0.29) is 6.04 Å². The van der Waals surface area contributed by atoms with E-state index in [0.717, 1.165) is 93.3 Å². The van der Waals surface area contributed by atoms with Crippen LogP contribution in [0.3, 0.4) is 0 Å². The molecule has 1 aromatic carbocycles. The number of methoxy groups -OCH3 is 1. The summed E-state index contributed by atoms with van der Waals surface area (Å²) >= 11 is 0. The second kappa shape index (κ2) is 12.3. The zero-order valence-electron chi connectivity index (χ0n) is 27.2. The Kier molecular flexibility index (Phi) is 7.34. The summed E-state index contributed by atoms with van der Waals surface area (Å²) in [5.74, 6) is 1.36. The van der Waals surface area contributed by atoms with Gasteiger partial charge in [0.1, 0.15) is 22.6 Å². The van der Waals surface area contributed by atoms with Crippen molar-refractivity contribution < 1.29 is 13.6 Å². The molecule has 3 fully saturated rings. The number of nitrogens with zero attached hydrogens (tertiary/aromatic N) is 6. The Bertz CT molecular complexity index is 1450. The van der Waals surface area contributed by atoms with Crippen LogP contribution in [0.15, 0.2) is 24.4 Å². The van der Waals surface area contributed by atoms with Crippen LogP contribution in [0.5, 0.6) is 5.75 Å². The van der Waals surface area contributed by atoms with Gasteiger partial charge >= 0.3 is 0 Å². The van der Waals surface area contributed by atoms with Crippen molar-refractivity contribution in [3.05, 3.63) is 30.1 Å². The quantitative estimate of drug-likeness (QED) is 0.443. The highest BCUT2D eigenvalue weighted by atomic mass is 16.5. The van der Waals surface area contributed by atoms with E-state index < -0.39 is 7.04 Å². The van der Waals surface area contributed by atoms with Gasteiger partial charge in [-0.2, -0.15) is 0 Å². The standard InChI is InChI=1S/C31H44N8O2/c1-4-25-31(34-22-9-17-41-18-10-22)36-28-24(20-33-30(32)29(28)35-25)21-5-6-26(27(19-21)40-3)39-11-7-23(8-12-39)38-15-13-37(2)14-16-38/h5-6,19-20,22-23H,4,7-18H2,1-3H3,(H2,32,33)(H,34,36)/i3D3. The number of rotatable bonds is 7. The van der Waals surface area contributed by atoms with Crippen LogP contribution >= 0.6 is 0 Å². The number of nitrogens with two attached hydrogens (primary N) is 1. The topological polar surface area (TPSA) is 105 Å². The van der Waals surface area contributed by atoms with E-state index in [2.05, 4.69) is 32.0 Å². The van der Waals surface area contributed by atoms with Crippen molar-refractivity contribution in [1.29, 1.82) is 0 Å². The van der Waals surface area contributed by atoms with Crippen molar-refractivity contribution in [3.63, 3.8) is 0 Å². The number of anilines is 3. The van der Waals surface area contributed by atoms with Crippen molar-refractivity contribution >= 4 is 28.4 Å². The molecule has 5 heterocycles. The Morgan fingerprint density at radius 3 is 2.56 bits per heavy atom. The molecule has 0 spiro atoms. The summed E-state index contributed by atoms with van der Waals surface area (Å²) in [7, 11) is -0.416. The number of nitrogens with one attached hydrogen (secondary N) is 1. The van der Waals surface area contributed by atoms with Crippen molar-refractivity contribution in [2.24, 2.45) is 0 Å². The Hall–Kier alpha value is -3.21. The fraction of sp³-hybridized carbons (Fsp3) is 0.581. The van der Waals surface area contributed by atoms with E-state index in [0.29, 0.717) is 48.3 Å². The van der Waals surface area contributed by atoms with E-state index in [9.17, 15) is 0 Å². The minimum Gasteiger partial charge on any atom is -0.495 e. The smallest absolute Gasteiger partial charge is 0.151 e. The molecule has 0 radical (unpaired) electrons.